The lowest BCUT2D eigenvalue weighted by atomic mass is 9.84. The molecule has 21 heavy (non-hydrogen) atoms. The van der Waals surface area contributed by atoms with Crippen molar-refractivity contribution in [3.8, 4) is 0 Å². The maximum Gasteiger partial charge on any atom is 0.225 e. The number of hydrogen-bond acceptors (Lipinski definition) is 2. The summed E-state index contributed by atoms with van der Waals surface area (Å²) in [5.74, 6) is 3.37. The highest BCUT2D eigenvalue weighted by atomic mass is 16.2. The van der Waals surface area contributed by atoms with E-state index in [0.29, 0.717) is 23.7 Å². The van der Waals surface area contributed by atoms with E-state index < -0.39 is 0 Å². The average Bonchev–Trinajstić information content (AvgIpc) is 3.08. The molecule has 1 aromatic rings. The maximum absolute atomic E-state index is 12.2. The molecular formula is C17H25N3O. The van der Waals surface area contributed by atoms with Crippen LogP contribution in [0.15, 0.2) is 6.20 Å². The first-order chi connectivity index (χ1) is 10.2. The van der Waals surface area contributed by atoms with Gasteiger partial charge in [0, 0.05) is 43.4 Å². The Morgan fingerprint density at radius 1 is 1.29 bits per heavy atom. The fourth-order valence-electron chi connectivity index (χ4n) is 3.74. The van der Waals surface area contributed by atoms with Crippen LogP contribution in [-0.2, 0) is 11.3 Å². The van der Waals surface area contributed by atoms with E-state index in [1.807, 2.05) is 6.20 Å². The molecule has 3 aliphatic rings. The first-order valence-electron chi connectivity index (χ1n) is 8.53. The fourth-order valence-corrected chi connectivity index (χ4v) is 3.74. The van der Waals surface area contributed by atoms with Crippen molar-refractivity contribution < 1.29 is 4.79 Å². The molecule has 4 rings (SSSR count). The van der Waals surface area contributed by atoms with Crippen molar-refractivity contribution in [2.45, 2.75) is 57.9 Å². The number of imidazole rings is 1. The van der Waals surface area contributed by atoms with Gasteiger partial charge in [0.05, 0.1) is 0 Å². The van der Waals surface area contributed by atoms with E-state index in [-0.39, 0.29) is 0 Å². The first kappa shape index (κ1) is 13.4. The Bertz CT molecular complexity index is 542. The molecule has 0 aromatic carbocycles. The lowest BCUT2D eigenvalue weighted by molar-refractivity contribution is -0.131. The number of likely N-dealkylation sites (tertiary alicyclic amines) is 1. The van der Waals surface area contributed by atoms with Gasteiger partial charge < -0.3 is 9.47 Å². The van der Waals surface area contributed by atoms with Crippen LogP contribution in [0.5, 0.6) is 0 Å². The second kappa shape index (κ2) is 5.15. The van der Waals surface area contributed by atoms with E-state index in [2.05, 4.69) is 21.4 Å². The summed E-state index contributed by atoms with van der Waals surface area (Å²) in [6.45, 7) is 5.13. The van der Waals surface area contributed by atoms with Crippen LogP contribution in [0.2, 0.25) is 0 Å². The number of hydrogen-bond donors (Lipinski definition) is 0. The van der Waals surface area contributed by atoms with Gasteiger partial charge >= 0.3 is 0 Å². The molecule has 1 atom stereocenters. The number of rotatable bonds is 4. The molecule has 114 valence electrons. The third-order valence-corrected chi connectivity index (χ3v) is 5.52. The molecule has 1 unspecified atom stereocenters. The third kappa shape index (κ3) is 2.49. The van der Waals surface area contributed by atoms with E-state index in [9.17, 15) is 4.79 Å². The topological polar surface area (TPSA) is 38.1 Å². The van der Waals surface area contributed by atoms with Crippen LogP contribution >= 0.6 is 0 Å². The number of amides is 1. The lowest BCUT2D eigenvalue weighted by Gasteiger charge is -2.27. The van der Waals surface area contributed by atoms with Crippen LogP contribution in [0.3, 0.4) is 0 Å². The Kier molecular flexibility index (Phi) is 3.27. The lowest BCUT2D eigenvalue weighted by Crippen LogP contribution is -2.30. The summed E-state index contributed by atoms with van der Waals surface area (Å²) in [6, 6.07) is 0. The highest BCUT2D eigenvalue weighted by Gasteiger charge is 2.37. The third-order valence-electron chi connectivity index (χ3n) is 5.52. The van der Waals surface area contributed by atoms with Gasteiger partial charge in [0.15, 0.2) is 0 Å². The van der Waals surface area contributed by atoms with Crippen LogP contribution in [0.25, 0.3) is 0 Å². The standard InChI is InChI=1S/C17H25N3O/c1-12-9-18-16(14-3-2-4-14)20(12)11-13-7-8-19(10-13)17(21)15-5-6-15/h9,13-15H,2-8,10-11H2,1H3. The molecule has 0 N–H and O–H groups in total. The largest absolute Gasteiger partial charge is 0.342 e. The molecule has 1 aromatic heterocycles. The average molecular weight is 287 g/mol. The van der Waals surface area contributed by atoms with Crippen molar-refractivity contribution in [3.05, 3.63) is 17.7 Å². The first-order valence-corrected chi connectivity index (χ1v) is 8.53. The van der Waals surface area contributed by atoms with Crippen molar-refractivity contribution in [2.75, 3.05) is 13.1 Å². The van der Waals surface area contributed by atoms with Gasteiger partial charge in [-0.05, 0) is 44.9 Å². The van der Waals surface area contributed by atoms with E-state index >= 15 is 0 Å². The number of aromatic nitrogens is 2. The van der Waals surface area contributed by atoms with Crippen molar-refractivity contribution in [1.29, 1.82) is 0 Å². The Morgan fingerprint density at radius 3 is 2.76 bits per heavy atom. The second-order valence-electron chi connectivity index (χ2n) is 7.21. The number of nitrogens with zero attached hydrogens (tertiary/aromatic N) is 3. The summed E-state index contributed by atoms with van der Waals surface area (Å²) < 4.78 is 2.43. The normalized spacial score (nSPS) is 26.1. The molecule has 1 aliphatic heterocycles. The SMILES string of the molecule is Cc1cnc(C2CCC2)n1CC1CCN(C(=O)C2CC2)C1. The van der Waals surface area contributed by atoms with E-state index in [1.165, 1.54) is 30.8 Å². The fraction of sp³-hybridized carbons (Fsp3) is 0.765. The summed E-state index contributed by atoms with van der Waals surface area (Å²) in [5, 5.41) is 0. The Hall–Kier alpha value is -1.32. The number of carbonyl (C=O) groups excluding carboxylic acids is 1. The Balaban J connectivity index is 1.42. The van der Waals surface area contributed by atoms with Crippen molar-refractivity contribution in [1.82, 2.24) is 14.5 Å². The summed E-state index contributed by atoms with van der Waals surface area (Å²) in [5.41, 5.74) is 1.28. The van der Waals surface area contributed by atoms with Gasteiger partial charge in [0.2, 0.25) is 5.91 Å². The molecule has 4 heteroatoms. The molecule has 0 spiro atoms. The molecular weight excluding hydrogens is 262 g/mol. The highest BCUT2D eigenvalue weighted by molar-refractivity contribution is 5.81. The molecule has 1 saturated heterocycles. The molecule has 1 amide bonds. The molecule has 0 radical (unpaired) electrons. The predicted molar refractivity (Wildman–Crippen MR) is 81.0 cm³/mol. The van der Waals surface area contributed by atoms with Gasteiger partial charge in [-0.1, -0.05) is 6.42 Å². The molecule has 3 fully saturated rings. The minimum atomic E-state index is 0.365. The van der Waals surface area contributed by atoms with E-state index in [0.717, 1.165) is 38.9 Å². The van der Waals surface area contributed by atoms with Crippen molar-refractivity contribution in [2.24, 2.45) is 11.8 Å². The maximum atomic E-state index is 12.2. The molecule has 0 bridgehead atoms. The monoisotopic (exact) mass is 287 g/mol. The van der Waals surface area contributed by atoms with Gasteiger partial charge in [0.25, 0.3) is 0 Å². The Labute approximate surface area is 126 Å². The smallest absolute Gasteiger partial charge is 0.225 e. The van der Waals surface area contributed by atoms with Gasteiger partial charge in [-0.3, -0.25) is 4.79 Å². The molecule has 4 nitrogen and oxygen atoms in total. The van der Waals surface area contributed by atoms with E-state index in [4.69, 9.17) is 0 Å². The van der Waals surface area contributed by atoms with Crippen LogP contribution in [0, 0.1) is 18.8 Å². The summed E-state index contributed by atoms with van der Waals surface area (Å²) in [4.78, 5) is 18.9. The zero-order chi connectivity index (χ0) is 14.4. The quantitative estimate of drug-likeness (QED) is 0.854. The van der Waals surface area contributed by atoms with Crippen molar-refractivity contribution in [3.63, 3.8) is 0 Å². The van der Waals surface area contributed by atoms with Crippen LogP contribution in [0.1, 0.15) is 56.0 Å². The number of aryl methyl sites for hydroxylation is 1. The van der Waals surface area contributed by atoms with Crippen LogP contribution in [-0.4, -0.2) is 33.4 Å². The molecule has 2 aliphatic carbocycles. The molecule has 2 heterocycles. The highest BCUT2D eigenvalue weighted by Crippen LogP contribution is 2.37. The molecule has 2 saturated carbocycles. The number of carbonyl (C=O) groups is 1. The second-order valence-corrected chi connectivity index (χ2v) is 7.21. The Morgan fingerprint density at radius 2 is 2.10 bits per heavy atom. The van der Waals surface area contributed by atoms with Crippen LogP contribution in [0.4, 0.5) is 0 Å². The minimum absolute atomic E-state index is 0.365. The summed E-state index contributed by atoms with van der Waals surface area (Å²) in [7, 11) is 0. The zero-order valence-corrected chi connectivity index (χ0v) is 12.9. The van der Waals surface area contributed by atoms with Gasteiger partial charge in [-0.25, -0.2) is 4.98 Å². The van der Waals surface area contributed by atoms with Gasteiger partial charge in [0.1, 0.15) is 5.82 Å². The van der Waals surface area contributed by atoms with E-state index in [1.54, 1.807) is 0 Å². The zero-order valence-electron chi connectivity index (χ0n) is 12.9. The summed E-state index contributed by atoms with van der Waals surface area (Å²) >= 11 is 0. The van der Waals surface area contributed by atoms with Gasteiger partial charge in [-0.2, -0.15) is 0 Å². The predicted octanol–water partition coefficient (Wildman–Crippen LogP) is 2.72. The van der Waals surface area contributed by atoms with Crippen LogP contribution < -0.4 is 0 Å². The van der Waals surface area contributed by atoms with Crippen molar-refractivity contribution >= 4 is 5.91 Å². The minimum Gasteiger partial charge on any atom is -0.342 e. The summed E-state index contributed by atoms with van der Waals surface area (Å²) in [6.07, 6.45) is 9.36. The van der Waals surface area contributed by atoms with Gasteiger partial charge in [-0.15, -0.1) is 0 Å².